The Morgan fingerprint density at radius 3 is 2.50 bits per heavy atom. The maximum atomic E-state index is 12.1. The van der Waals surface area contributed by atoms with Crippen molar-refractivity contribution in [3.8, 4) is 5.75 Å². The van der Waals surface area contributed by atoms with Crippen molar-refractivity contribution >= 4 is 17.4 Å². The maximum Gasteiger partial charge on any atom is 0.319 e. The molecule has 7 nitrogen and oxygen atoms in total. The average molecular weight is 414 g/mol. The van der Waals surface area contributed by atoms with Crippen molar-refractivity contribution < 1.29 is 19.4 Å². The minimum absolute atomic E-state index is 0.126. The monoisotopic (exact) mass is 413 g/mol. The van der Waals surface area contributed by atoms with Gasteiger partial charge in [-0.05, 0) is 48.4 Å². The van der Waals surface area contributed by atoms with E-state index in [-0.39, 0.29) is 12.6 Å². The molecule has 30 heavy (non-hydrogen) atoms. The fourth-order valence-corrected chi connectivity index (χ4v) is 3.18. The molecule has 1 saturated heterocycles. The summed E-state index contributed by atoms with van der Waals surface area (Å²) >= 11 is 0. The smallest absolute Gasteiger partial charge is 0.319 e. The highest BCUT2D eigenvalue weighted by molar-refractivity contribution is 5.89. The van der Waals surface area contributed by atoms with Crippen LogP contribution in [0.1, 0.15) is 31.4 Å². The zero-order valence-electron chi connectivity index (χ0n) is 17.5. The first-order valence-electron chi connectivity index (χ1n) is 10.5. The summed E-state index contributed by atoms with van der Waals surface area (Å²) in [5.74, 6) is 0.783. The summed E-state index contributed by atoms with van der Waals surface area (Å²) in [4.78, 5) is 14.4. The number of carbonyl (C=O) groups excluding carboxylic acids is 1. The van der Waals surface area contributed by atoms with E-state index in [1.165, 1.54) is 0 Å². The van der Waals surface area contributed by atoms with Crippen molar-refractivity contribution in [3.63, 3.8) is 0 Å². The van der Waals surface area contributed by atoms with E-state index in [4.69, 9.17) is 9.47 Å². The zero-order valence-corrected chi connectivity index (χ0v) is 17.5. The van der Waals surface area contributed by atoms with E-state index in [0.29, 0.717) is 12.3 Å². The molecular formula is C23H31N3O4. The average Bonchev–Trinajstić information content (AvgIpc) is 2.79. The first-order chi connectivity index (χ1) is 14.7. The summed E-state index contributed by atoms with van der Waals surface area (Å²) < 4.78 is 11.0. The molecule has 2 aromatic rings. The highest BCUT2D eigenvalue weighted by Gasteiger charge is 2.13. The molecule has 162 valence electrons. The van der Waals surface area contributed by atoms with Crippen LogP contribution in [-0.4, -0.2) is 50.6 Å². The molecule has 7 heteroatoms. The van der Waals surface area contributed by atoms with Crippen LogP contribution in [-0.2, 0) is 4.74 Å². The fourth-order valence-electron chi connectivity index (χ4n) is 3.18. The van der Waals surface area contributed by atoms with E-state index in [2.05, 4.69) is 22.5 Å². The van der Waals surface area contributed by atoms with Gasteiger partial charge in [-0.25, -0.2) is 4.79 Å². The molecule has 0 spiro atoms. The number of carbonyl (C=O) groups is 1. The van der Waals surface area contributed by atoms with Crippen LogP contribution in [0.5, 0.6) is 5.75 Å². The summed E-state index contributed by atoms with van der Waals surface area (Å²) in [5.41, 5.74) is 2.54. The van der Waals surface area contributed by atoms with Crippen LogP contribution in [0.3, 0.4) is 0 Å². The lowest BCUT2D eigenvalue weighted by atomic mass is 10.1. The van der Waals surface area contributed by atoms with Gasteiger partial charge in [0.05, 0.1) is 25.9 Å². The molecule has 0 aromatic heterocycles. The van der Waals surface area contributed by atoms with Crippen molar-refractivity contribution in [2.24, 2.45) is 0 Å². The van der Waals surface area contributed by atoms with Crippen LogP contribution in [0.25, 0.3) is 0 Å². The first-order valence-corrected chi connectivity index (χ1v) is 10.5. The number of morpholine rings is 1. The van der Waals surface area contributed by atoms with E-state index in [1.54, 1.807) is 12.1 Å². The largest absolute Gasteiger partial charge is 0.494 e. The second kappa shape index (κ2) is 11.4. The Morgan fingerprint density at radius 2 is 1.83 bits per heavy atom. The molecule has 2 aromatic carbocycles. The molecule has 3 rings (SSSR count). The molecule has 0 bridgehead atoms. The van der Waals surface area contributed by atoms with E-state index in [1.807, 2.05) is 36.4 Å². The highest BCUT2D eigenvalue weighted by atomic mass is 16.5. The summed E-state index contributed by atoms with van der Waals surface area (Å²) in [6.45, 7) is 6.14. The van der Waals surface area contributed by atoms with Gasteiger partial charge in [-0.15, -0.1) is 0 Å². The van der Waals surface area contributed by atoms with Gasteiger partial charge in [-0.1, -0.05) is 25.5 Å². The molecule has 0 aliphatic carbocycles. The number of rotatable bonds is 9. The number of urea groups is 1. The lowest BCUT2D eigenvalue weighted by Gasteiger charge is -2.29. The third-order valence-electron chi connectivity index (χ3n) is 4.99. The normalized spacial score (nSPS) is 14.8. The Hall–Kier alpha value is -2.77. The van der Waals surface area contributed by atoms with Crippen LogP contribution in [0.4, 0.5) is 16.2 Å². The third-order valence-corrected chi connectivity index (χ3v) is 4.99. The second-order valence-electron chi connectivity index (χ2n) is 7.27. The number of anilines is 2. The Kier molecular flexibility index (Phi) is 8.35. The van der Waals surface area contributed by atoms with Crippen molar-refractivity contribution in [2.45, 2.75) is 25.9 Å². The Morgan fingerprint density at radius 1 is 1.13 bits per heavy atom. The van der Waals surface area contributed by atoms with Crippen LogP contribution in [0.15, 0.2) is 48.5 Å². The molecule has 1 aliphatic heterocycles. The standard InChI is InChI=1S/C23H31N3O4/c1-2-3-14-30-21-10-6-19(7-11-21)25-23(28)24-17-22(27)18-4-8-20(9-5-18)26-12-15-29-16-13-26/h4-11,22,27H,2-3,12-17H2,1H3,(H2,24,25,28). The van der Waals surface area contributed by atoms with Gasteiger partial charge < -0.3 is 30.1 Å². The molecule has 1 unspecified atom stereocenters. The van der Waals surface area contributed by atoms with E-state index in [9.17, 15) is 9.90 Å². The first kappa shape index (κ1) is 21.9. The zero-order chi connectivity index (χ0) is 21.2. The quantitative estimate of drug-likeness (QED) is 0.548. The molecule has 2 amide bonds. The lowest BCUT2D eigenvalue weighted by molar-refractivity contribution is 0.122. The van der Waals surface area contributed by atoms with Gasteiger partial charge in [0.15, 0.2) is 0 Å². The van der Waals surface area contributed by atoms with Gasteiger partial charge in [0, 0.05) is 31.0 Å². The number of unbranched alkanes of at least 4 members (excludes halogenated alkanes) is 1. The van der Waals surface area contributed by atoms with Gasteiger partial charge >= 0.3 is 6.03 Å². The molecule has 1 fully saturated rings. The number of hydrogen-bond donors (Lipinski definition) is 3. The van der Waals surface area contributed by atoms with Gasteiger partial charge in [0.2, 0.25) is 0 Å². The van der Waals surface area contributed by atoms with Gasteiger partial charge in [0.1, 0.15) is 5.75 Å². The number of aliphatic hydroxyl groups is 1. The van der Waals surface area contributed by atoms with Gasteiger partial charge in [-0.2, -0.15) is 0 Å². The Balaban J connectivity index is 1.42. The molecule has 0 saturated carbocycles. The highest BCUT2D eigenvalue weighted by Crippen LogP contribution is 2.20. The Labute approximate surface area is 178 Å². The summed E-state index contributed by atoms with van der Waals surface area (Å²) in [6, 6.07) is 14.7. The van der Waals surface area contributed by atoms with E-state index in [0.717, 1.165) is 56.1 Å². The van der Waals surface area contributed by atoms with Crippen molar-refractivity contribution in [3.05, 3.63) is 54.1 Å². The van der Waals surface area contributed by atoms with Crippen molar-refractivity contribution in [2.75, 3.05) is 49.7 Å². The molecule has 1 heterocycles. The van der Waals surface area contributed by atoms with Gasteiger partial charge in [-0.3, -0.25) is 0 Å². The van der Waals surface area contributed by atoms with Crippen LogP contribution in [0, 0.1) is 0 Å². The minimum Gasteiger partial charge on any atom is -0.494 e. The van der Waals surface area contributed by atoms with E-state index >= 15 is 0 Å². The van der Waals surface area contributed by atoms with Crippen LogP contribution < -0.4 is 20.3 Å². The Bertz CT molecular complexity index is 774. The number of hydrogen-bond acceptors (Lipinski definition) is 5. The van der Waals surface area contributed by atoms with Crippen LogP contribution >= 0.6 is 0 Å². The number of nitrogens with zero attached hydrogens (tertiary/aromatic N) is 1. The number of amides is 2. The molecule has 0 radical (unpaired) electrons. The number of aliphatic hydroxyl groups excluding tert-OH is 1. The molecule has 1 aliphatic rings. The lowest BCUT2D eigenvalue weighted by Crippen LogP contribution is -2.36. The predicted octanol–water partition coefficient (Wildman–Crippen LogP) is 3.56. The number of ether oxygens (including phenoxy) is 2. The molecular weight excluding hydrogens is 382 g/mol. The molecule has 1 atom stereocenters. The summed E-state index contributed by atoms with van der Waals surface area (Å²) in [6.07, 6.45) is 1.33. The van der Waals surface area contributed by atoms with Gasteiger partial charge in [0.25, 0.3) is 0 Å². The third kappa shape index (κ3) is 6.64. The summed E-state index contributed by atoms with van der Waals surface area (Å²) in [5, 5.41) is 15.8. The van der Waals surface area contributed by atoms with Crippen LogP contribution in [0.2, 0.25) is 0 Å². The van der Waals surface area contributed by atoms with Crippen molar-refractivity contribution in [1.29, 1.82) is 0 Å². The number of nitrogens with one attached hydrogen (secondary N) is 2. The predicted molar refractivity (Wildman–Crippen MR) is 118 cm³/mol. The van der Waals surface area contributed by atoms with Crippen molar-refractivity contribution in [1.82, 2.24) is 5.32 Å². The van der Waals surface area contributed by atoms with E-state index < -0.39 is 6.10 Å². The SMILES string of the molecule is CCCCOc1ccc(NC(=O)NCC(O)c2ccc(N3CCOCC3)cc2)cc1. The fraction of sp³-hybridized carbons (Fsp3) is 0.435. The maximum absolute atomic E-state index is 12.1. The number of benzene rings is 2. The summed E-state index contributed by atoms with van der Waals surface area (Å²) in [7, 11) is 0. The second-order valence-corrected chi connectivity index (χ2v) is 7.27. The topological polar surface area (TPSA) is 83.1 Å². The minimum atomic E-state index is -0.774. The molecule has 3 N–H and O–H groups in total.